The number of hydrogen-bond acceptors (Lipinski definition) is 2. The number of benzene rings is 2. The van der Waals surface area contributed by atoms with Crippen LogP contribution < -0.4 is 15.8 Å². The van der Waals surface area contributed by atoms with Crippen molar-refractivity contribution in [3.8, 4) is 5.75 Å². The van der Waals surface area contributed by atoms with Crippen LogP contribution in [-0.4, -0.2) is 19.6 Å². The normalized spacial score (nSPS) is 11.3. The Balaban J connectivity index is 1.90. The van der Waals surface area contributed by atoms with Gasteiger partial charge in [-0.3, -0.25) is 4.99 Å². The zero-order valence-electron chi connectivity index (χ0n) is 12.8. The highest BCUT2D eigenvalue weighted by Gasteiger charge is 2.03. The van der Waals surface area contributed by atoms with Crippen molar-refractivity contribution in [2.75, 3.05) is 19.0 Å². The fraction of sp³-hybridized carbons (Fsp3) is 0.235. The molecule has 5 heteroatoms. The van der Waals surface area contributed by atoms with Crippen molar-refractivity contribution in [3.05, 3.63) is 59.4 Å². The molecule has 0 saturated carbocycles. The summed E-state index contributed by atoms with van der Waals surface area (Å²) in [5.74, 6) is 0.237. The number of methoxy groups -OCH3 is 1. The number of anilines is 1. The van der Waals surface area contributed by atoms with Gasteiger partial charge in [-0.2, -0.15) is 0 Å². The van der Waals surface area contributed by atoms with Crippen LogP contribution in [0.5, 0.6) is 5.75 Å². The molecule has 22 heavy (non-hydrogen) atoms. The van der Waals surface area contributed by atoms with Gasteiger partial charge in [-0.15, -0.1) is 0 Å². The lowest BCUT2D eigenvalue weighted by atomic mass is 10.1. The highest BCUT2D eigenvalue weighted by Crippen LogP contribution is 2.18. The van der Waals surface area contributed by atoms with Gasteiger partial charge in [0.05, 0.1) is 7.11 Å². The molecule has 0 aliphatic rings. The molecule has 2 rings (SSSR count). The average Bonchev–Trinajstić information content (AvgIpc) is 2.51. The third-order valence-electron chi connectivity index (χ3n) is 3.22. The van der Waals surface area contributed by atoms with E-state index in [1.807, 2.05) is 31.2 Å². The van der Waals surface area contributed by atoms with E-state index in [0.29, 0.717) is 18.9 Å². The van der Waals surface area contributed by atoms with E-state index in [9.17, 15) is 4.39 Å². The van der Waals surface area contributed by atoms with Crippen molar-refractivity contribution in [2.45, 2.75) is 13.3 Å². The summed E-state index contributed by atoms with van der Waals surface area (Å²) in [6.45, 7) is 2.54. The van der Waals surface area contributed by atoms with Crippen LogP contribution in [0.1, 0.15) is 11.1 Å². The van der Waals surface area contributed by atoms with Crippen molar-refractivity contribution in [1.29, 1.82) is 0 Å². The first-order chi connectivity index (χ1) is 10.6. The van der Waals surface area contributed by atoms with E-state index >= 15 is 0 Å². The van der Waals surface area contributed by atoms with Crippen LogP contribution >= 0.6 is 0 Å². The fourth-order valence-electron chi connectivity index (χ4n) is 1.99. The Morgan fingerprint density at radius 1 is 1.23 bits per heavy atom. The number of rotatable bonds is 5. The molecule has 0 radical (unpaired) electrons. The van der Waals surface area contributed by atoms with Crippen molar-refractivity contribution >= 4 is 11.6 Å². The molecule has 0 atom stereocenters. The molecule has 0 unspecified atom stereocenters. The smallest absolute Gasteiger partial charge is 0.193 e. The van der Waals surface area contributed by atoms with Crippen LogP contribution in [0.4, 0.5) is 10.1 Å². The number of aryl methyl sites for hydroxylation is 1. The highest BCUT2D eigenvalue weighted by molar-refractivity contribution is 5.92. The monoisotopic (exact) mass is 301 g/mol. The van der Waals surface area contributed by atoms with Crippen molar-refractivity contribution in [3.63, 3.8) is 0 Å². The molecule has 0 aromatic heterocycles. The second-order valence-electron chi connectivity index (χ2n) is 4.98. The van der Waals surface area contributed by atoms with Crippen molar-refractivity contribution < 1.29 is 9.13 Å². The molecule has 0 fully saturated rings. The summed E-state index contributed by atoms with van der Waals surface area (Å²) in [5, 5.41) is 3.03. The molecule has 116 valence electrons. The molecule has 0 heterocycles. The van der Waals surface area contributed by atoms with E-state index < -0.39 is 0 Å². The van der Waals surface area contributed by atoms with E-state index in [4.69, 9.17) is 10.5 Å². The number of nitrogens with two attached hydrogens (primary N) is 1. The Labute approximate surface area is 129 Å². The number of nitrogens with one attached hydrogen (secondary N) is 1. The van der Waals surface area contributed by atoms with Crippen LogP contribution in [0, 0.1) is 12.7 Å². The van der Waals surface area contributed by atoms with Gasteiger partial charge in [-0.05, 0) is 43.2 Å². The zero-order valence-corrected chi connectivity index (χ0v) is 12.8. The summed E-state index contributed by atoms with van der Waals surface area (Å²) in [7, 11) is 1.45. The quantitative estimate of drug-likeness (QED) is 0.659. The molecule has 0 amide bonds. The van der Waals surface area contributed by atoms with Gasteiger partial charge in [-0.25, -0.2) is 4.39 Å². The van der Waals surface area contributed by atoms with Gasteiger partial charge in [0, 0.05) is 12.2 Å². The number of halogens is 1. The summed E-state index contributed by atoms with van der Waals surface area (Å²) in [5.41, 5.74) is 8.88. The van der Waals surface area contributed by atoms with Gasteiger partial charge in [0.15, 0.2) is 17.5 Å². The second kappa shape index (κ2) is 7.45. The Kier molecular flexibility index (Phi) is 5.36. The molecule has 2 aromatic rings. The third kappa shape index (κ3) is 4.48. The minimum absolute atomic E-state index is 0.243. The maximum absolute atomic E-state index is 13.3. The van der Waals surface area contributed by atoms with Crippen molar-refractivity contribution in [1.82, 2.24) is 0 Å². The predicted molar refractivity (Wildman–Crippen MR) is 87.9 cm³/mol. The van der Waals surface area contributed by atoms with Crippen molar-refractivity contribution in [2.24, 2.45) is 10.7 Å². The summed E-state index contributed by atoms with van der Waals surface area (Å²) in [4.78, 5) is 4.26. The lowest BCUT2D eigenvalue weighted by molar-refractivity contribution is 0.386. The van der Waals surface area contributed by atoms with Gasteiger partial charge < -0.3 is 15.8 Å². The maximum Gasteiger partial charge on any atom is 0.193 e. The molecule has 4 nitrogen and oxygen atoms in total. The van der Waals surface area contributed by atoms with Gasteiger partial charge in [0.25, 0.3) is 0 Å². The first-order valence-electron chi connectivity index (χ1n) is 7.04. The topological polar surface area (TPSA) is 59.6 Å². The van der Waals surface area contributed by atoms with Crippen LogP contribution in [0.25, 0.3) is 0 Å². The largest absolute Gasteiger partial charge is 0.494 e. The minimum atomic E-state index is -0.365. The predicted octanol–water partition coefficient (Wildman–Crippen LogP) is 3.11. The van der Waals surface area contributed by atoms with Crippen LogP contribution in [0.15, 0.2) is 47.5 Å². The second-order valence-corrected chi connectivity index (χ2v) is 4.98. The lowest BCUT2D eigenvalue weighted by Crippen LogP contribution is -2.23. The lowest BCUT2D eigenvalue weighted by Gasteiger charge is -2.07. The first kappa shape index (κ1) is 15.8. The fourth-order valence-corrected chi connectivity index (χ4v) is 1.99. The van der Waals surface area contributed by atoms with E-state index in [1.165, 1.54) is 18.7 Å². The molecule has 0 saturated heterocycles. The van der Waals surface area contributed by atoms with Gasteiger partial charge in [-0.1, -0.05) is 23.8 Å². The summed E-state index contributed by atoms with van der Waals surface area (Å²) >= 11 is 0. The molecule has 0 aliphatic heterocycles. The molecule has 0 spiro atoms. The molecular formula is C17H20FN3O. The van der Waals surface area contributed by atoms with E-state index in [0.717, 1.165) is 11.3 Å². The zero-order chi connectivity index (χ0) is 15.9. The standard InChI is InChI=1S/C17H20FN3O/c1-12-3-6-14(7-4-12)21-17(19)20-10-9-13-5-8-15(18)16(11-13)22-2/h3-8,11H,9-10H2,1-2H3,(H3,19,20,21). The number of ether oxygens (including phenoxy) is 1. The number of nitrogens with zero attached hydrogens (tertiary/aromatic N) is 1. The number of guanidine groups is 1. The summed E-state index contributed by atoms with van der Waals surface area (Å²) < 4.78 is 18.3. The summed E-state index contributed by atoms with van der Waals surface area (Å²) in [6.07, 6.45) is 0.660. The van der Waals surface area contributed by atoms with Crippen LogP contribution in [0.2, 0.25) is 0 Å². The third-order valence-corrected chi connectivity index (χ3v) is 3.22. The SMILES string of the molecule is COc1cc(CCN=C(N)Nc2ccc(C)cc2)ccc1F. The van der Waals surface area contributed by atoms with Crippen LogP contribution in [-0.2, 0) is 6.42 Å². The van der Waals surface area contributed by atoms with Gasteiger partial charge in [0.1, 0.15) is 0 Å². The first-order valence-corrected chi connectivity index (χ1v) is 7.04. The van der Waals surface area contributed by atoms with E-state index in [1.54, 1.807) is 12.1 Å². The Bertz CT molecular complexity index is 653. The molecule has 2 aromatic carbocycles. The number of aliphatic imine (C=N–C) groups is 1. The minimum Gasteiger partial charge on any atom is -0.494 e. The molecule has 0 bridgehead atoms. The Morgan fingerprint density at radius 2 is 1.95 bits per heavy atom. The average molecular weight is 301 g/mol. The van der Waals surface area contributed by atoms with E-state index in [2.05, 4.69) is 10.3 Å². The van der Waals surface area contributed by atoms with Gasteiger partial charge >= 0.3 is 0 Å². The molecular weight excluding hydrogens is 281 g/mol. The molecule has 3 N–H and O–H groups in total. The summed E-state index contributed by atoms with van der Waals surface area (Å²) in [6, 6.07) is 12.7. The van der Waals surface area contributed by atoms with E-state index in [-0.39, 0.29) is 11.6 Å². The maximum atomic E-state index is 13.3. The molecule has 0 aliphatic carbocycles. The highest BCUT2D eigenvalue weighted by atomic mass is 19.1. The Hall–Kier alpha value is -2.56. The Morgan fingerprint density at radius 3 is 2.64 bits per heavy atom. The van der Waals surface area contributed by atoms with Crippen LogP contribution in [0.3, 0.4) is 0 Å². The van der Waals surface area contributed by atoms with Gasteiger partial charge in [0.2, 0.25) is 0 Å². The number of hydrogen-bond donors (Lipinski definition) is 2.